The van der Waals surface area contributed by atoms with Crippen molar-refractivity contribution in [1.82, 2.24) is 20.9 Å². The lowest BCUT2D eigenvalue weighted by molar-refractivity contribution is -0.151. The molecule has 1 fully saturated rings. The third-order valence-corrected chi connectivity index (χ3v) is 11.3. The Morgan fingerprint density at radius 1 is 0.677 bits per heavy atom. The molecule has 5 rings (SSSR count). The topological polar surface area (TPSA) is 179 Å². The van der Waals surface area contributed by atoms with Crippen LogP contribution in [0.3, 0.4) is 0 Å². The van der Waals surface area contributed by atoms with Gasteiger partial charge in [-0.05, 0) is 92.3 Å². The summed E-state index contributed by atoms with van der Waals surface area (Å²) in [5.74, 6) is -2.33. The number of unbranched alkanes of at least 4 members (excludes halogenated alkanes) is 1. The van der Waals surface area contributed by atoms with Gasteiger partial charge in [-0.2, -0.15) is 0 Å². The molecule has 1 saturated heterocycles. The maximum atomic E-state index is 14.7. The normalized spacial score (nSPS) is 15.2. The fourth-order valence-electron chi connectivity index (χ4n) is 7.44. The average molecular weight is 891 g/mol. The molecule has 0 spiro atoms. The minimum absolute atomic E-state index is 0.00420. The number of rotatable bonds is 23. The quantitative estimate of drug-likeness (QED) is 0.0396. The molecule has 4 aromatic rings. The largest absolute Gasteiger partial charge is 0.494 e. The minimum atomic E-state index is -1.12. The van der Waals surface area contributed by atoms with Gasteiger partial charge in [0.05, 0.1) is 18.8 Å². The van der Waals surface area contributed by atoms with Crippen molar-refractivity contribution in [3.63, 3.8) is 0 Å². The summed E-state index contributed by atoms with van der Waals surface area (Å²) in [6.07, 6.45) is 2.51. The number of likely N-dealkylation sites (tertiary alicyclic amines) is 1. The van der Waals surface area contributed by atoms with E-state index in [0.29, 0.717) is 56.4 Å². The van der Waals surface area contributed by atoms with Crippen LogP contribution < -0.4 is 20.7 Å². The second-order valence-corrected chi connectivity index (χ2v) is 16.1. The molecule has 14 nitrogen and oxygen atoms in total. The third-order valence-electron chi connectivity index (χ3n) is 11.3. The van der Waals surface area contributed by atoms with Crippen molar-refractivity contribution in [1.29, 1.82) is 0 Å². The molecule has 65 heavy (non-hydrogen) atoms. The van der Waals surface area contributed by atoms with Gasteiger partial charge < -0.3 is 39.8 Å². The molecule has 1 aliphatic heterocycles. The monoisotopic (exact) mass is 890 g/mol. The number of benzene rings is 4. The Labute approximate surface area is 381 Å². The molecule has 4 amide bonds. The first kappa shape index (κ1) is 49.3. The van der Waals surface area contributed by atoms with Gasteiger partial charge in [0.25, 0.3) is 0 Å². The molecule has 0 bridgehead atoms. The number of amides is 4. The summed E-state index contributed by atoms with van der Waals surface area (Å²) in [6, 6.07) is 30.0. The Bertz CT molecular complexity index is 2120. The second kappa shape index (κ2) is 26.2. The fraction of sp³-hybridized carbons (Fsp3) is 0.412. The number of alkyl carbamates (subject to hydrolysis) is 1. The summed E-state index contributed by atoms with van der Waals surface area (Å²) in [7, 11) is 0. The van der Waals surface area contributed by atoms with Crippen molar-refractivity contribution in [3.05, 3.63) is 138 Å². The van der Waals surface area contributed by atoms with Crippen LogP contribution in [0.15, 0.2) is 115 Å². The van der Waals surface area contributed by atoms with E-state index in [4.69, 9.17) is 18.9 Å². The van der Waals surface area contributed by atoms with E-state index in [1.807, 2.05) is 99.6 Å². The highest BCUT2D eigenvalue weighted by Crippen LogP contribution is 2.23. The molecule has 4 aromatic carbocycles. The SMILES string of the molecule is CCOc1ccc(C[C@@H](NC(=O)OCc2ccccc2)C(=O)N[C@H](C(=O)N2CCCC[C@H]2C(=O)N[C@@H](CCCCOC(=O)c2ccccc2)C(=O)OCc2ccccc2)[C@@H](C)CC)cc1. The Balaban J connectivity index is 1.28. The number of hydrogen-bond acceptors (Lipinski definition) is 10. The van der Waals surface area contributed by atoms with Crippen molar-refractivity contribution >= 4 is 35.8 Å². The number of piperidine rings is 1. The molecule has 346 valence electrons. The zero-order chi connectivity index (χ0) is 46.4. The summed E-state index contributed by atoms with van der Waals surface area (Å²) >= 11 is 0. The van der Waals surface area contributed by atoms with Gasteiger partial charge in [0, 0.05) is 13.0 Å². The molecular formula is C51H62N4O10. The highest BCUT2D eigenvalue weighted by molar-refractivity contribution is 5.95. The molecule has 0 aliphatic carbocycles. The van der Waals surface area contributed by atoms with Crippen LogP contribution in [0.25, 0.3) is 0 Å². The second-order valence-electron chi connectivity index (χ2n) is 16.1. The lowest BCUT2D eigenvalue weighted by atomic mass is 9.93. The first-order valence-electron chi connectivity index (χ1n) is 22.6. The van der Waals surface area contributed by atoms with E-state index >= 15 is 0 Å². The molecule has 0 aromatic heterocycles. The van der Waals surface area contributed by atoms with E-state index < -0.39 is 59.9 Å². The lowest BCUT2D eigenvalue weighted by Gasteiger charge is -2.39. The highest BCUT2D eigenvalue weighted by Gasteiger charge is 2.40. The molecule has 0 saturated carbocycles. The lowest BCUT2D eigenvalue weighted by Crippen LogP contribution is -2.61. The maximum absolute atomic E-state index is 14.7. The van der Waals surface area contributed by atoms with Crippen LogP contribution in [0.1, 0.15) is 92.8 Å². The van der Waals surface area contributed by atoms with Crippen LogP contribution >= 0.6 is 0 Å². The summed E-state index contributed by atoms with van der Waals surface area (Å²) in [4.78, 5) is 83.9. The molecular weight excluding hydrogens is 829 g/mol. The predicted molar refractivity (Wildman–Crippen MR) is 244 cm³/mol. The number of ether oxygens (including phenoxy) is 4. The molecule has 0 radical (unpaired) electrons. The van der Waals surface area contributed by atoms with Crippen LogP contribution in [0.4, 0.5) is 4.79 Å². The third kappa shape index (κ3) is 15.8. The smallest absolute Gasteiger partial charge is 0.408 e. The Morgan fingerprint density at radius 3 is 1.94 bits per heavy atom. The molecule has 1 heterocycles. The number of hydrogen-bond donors (Lipinski definition) is 3. The Hall–Kier alpha value is -6.70. The van der Waals surface area contributed by atoms with E-state index in [1.54, 1.807) is 36.4 Å². The Kier molecular flexibility index (Phi) is 19.9. The van der Waals surface area contributed by atoms with Gasteiger partial charge in [0.15, 0.2) is 0 Å². The van der Waals surface area contributed by atoms with Gasteiger partial charge in [0.2, 0.25) is 17.7 Å². The average Bonchev–Trinajstić information content (AvgIpc) is 3.34. The van der Waals surface area contributed by atoms with Crippen LogP contribution in [0.5, 0.6) is 5.75 Å². The van der Waals surface area contributed by atoms with Gasteiger partial charge in [-0.15, -0.1) is 0 Å². The fourth-order valence-corrected chi connectivity index (χ4v) is 7.44. The van der Waals surface area contributed by atoms with Crippen molar-refractivity contribution < 1.29 is 47.7 Å². The predicted octanol–water partition coefficient (Wildman–Crippen LogP) is 7.09. The van der Waals surface area contributed by atoms with Crippen LogP contribution in [0.2, 0.25) is 0 Å². The summed E-state index contributed by atoms with van der Waals surface area (Å²) in [5.41, 5.74) is 2.72. The van der Waals surface area contributed by atoms with Gasteiger partial charge in [-0.25, -0.2) is 14.4 Å². The molecule has 5 atom stereocenters. The van der Waals surface area contributed by atoms with Gasteiger partial charge in [0.1, 0.15) is 43.1 Å². The van der Waals surface area contributed by atoms with E-state index in [0.717, 1.165) is 16.7 Å². The van der Waals surface area contributed by atoms with E-state index in [-0.39, 0.29) is 45.1 Å². The van der Waals surface area contributed by atoms with Crippen molar-refractivity contribution in [2.45, 2.75) is 110 Å². The minimum Gasteiger partial charge on any atom is -0.494 e. The standard InChI is InChI=1S/C51H62N4O10/c1-4-36(3)45(54-46(56)43(33-37-27-29-41(30-28-37)62-5-2)53-51(61)65-35-39-21-11-7-12-22-39)48(58)55-31-17-15-26-44(55)47(57)52-42(50(60)64-34-38-19-9-6-10-20-38)25-16-18-32-63-49(59)40-23-13-8-14-24-40/h6-14,19-24,27-30,36,42-45H,4-5,15-18,25-26,31-35H2,1-3H3,(H,52,57)(H,53,61)(H,54,56)/t36-,42-,43+,44-,45-/m0/s1. The molecule has 3 N–H and O–H groups in total. The van der Waals surface area contributed by atoms with E-state index in [2.05, 4.69) is 16.0 Å². The number of nitrogens with one attached hydrogen (secondary N) is 3. The summed E-state index contributed by atoms with van der Waals surface area (Å²) in [6.45, 7) is 6.50. The molecule has 0 unspecified atom stereocenters. The maximum Gasteiger partial charge on any atom is 0.408 e. The van der Waals surface area contributed by atoms with Crippen LogP contribution in [-0.4, -0.2) is 84.6 Å². The van der Waals surface area contributed by atoms with Crippen molar-refractivity contribution in [3.8, 4) is 5.75 Å². The number of carbonyl (C=O) groups is 6. The van der Waals surface area contributed by atoms with Crippen molar-refractivity contribution in [2.24, 2.45) is 5.92 Å². The number of nitrogens with zero attached hydrogens (tertiary/aromatic N) is 1. The first-order valence-corrected chi connectivity index (χ1v) is 22.6. The van der Waals surface area contributed by atoms with Crippen LogP contribution in [-0.2, 0) is 53.0 Å². The number of esters is 2. The molecule has 1 aliphatic rings. The Morgan fingerprint density at radius 2 is 1.31 bits per heavy atom. The van der Waals surface area contributed by atoms with Gasteiger partial charge >= 0.3 is 18.0 Å². The van der Waals surface area contributed by atoms with E-state index in [9.17, 15) is 28.8 Å². The van der Waals surface area contributed by atoms with Crippen molar-refractivity contribution in [2.75, 3.05) is 19.8 Å². The highest BCUT2D eigenvalue weighted by atomic mass is 16.6. The zero-order valence-corrected chi connectivity index (χ0v) is 37.6. The summed E-state index contributed by atoms with van der Waals surface area (Å²) in [5, 5.41) is 8.54. The van der Waals surface area contributed by atoms with Crippen LogP contribution in [0, 0.1) is 5.92 Å². The van der Waals surface area contributed by atoms with Gasteiger partial charge in [-0.3, -0.25) is 14.4 Å². The zero-order valence-electron chi connectivity index (χ0n) is 37.6. The molecule has 14 heteroatoms. The first-order chi connectivity index (χ1) is 31.6. The van der Waals surface area contributed by atoms with Gasteiger partial charge in [-0.1, -0.05) is 111 Å². The number of carbonyl (C=O) groups excluding carboxylic acids is 6. The summed E-state index contributed by atoms with van der Waals surface area (Å²) < 4.78 is 22.2. The van der Waals surface area contributed by atoms with E-state index in [1.165, 1.54) is 4.90 Å².